The highest BCUT2D eigenvalue weighted by Gasteiger charge is 2.43. The van der Waals surface area contributed by atoms with Gasteiger partial charge in [0.05, 0.1) is 0 Å². The Bertz CT molecular complexity index is 692. The van der Waals surface area contributed by atoms with Crippen molar-refractivity contribution in [1.82, 2.24) is 0 Å². The molecule has 2 rings (SSSR count). The zero-order valence-corrected chi connectivity index (χ0v) is 15.5. The Balaban J connectivity index is 2.50. The maximum absolute atomic E-state index is 12.2. The highest BCUT2D eigenvalue weighted by molar-refractivity contribution is 7.80. The van der Waals surface area contributed by atoms with Gasteiger partial charge in [0, 0.05) is 18.5 Å². The maximum Gasteiger partial charge on any atom is 0.335 e. The molecule has 0 heterocycles. The summed E-state index contributed by atoms with van der Waals surface area (Å²) in [7, 11) is 1.81. The first-order valence-corrected chi connectivity index (χ1v) is 8.61. The second kappa shape index (κ2) is 6.89. The fraction of sp³-hybridized carbons (Fsp3) is 0.350. The molecule has 2 aromatic carbocycles. The fourth-order valence-corrected chi connectivity index (χ4v) is 3.37. The molecule has 24 heavy (non-hydrogen) atoms. The Morgan fingerprint density at radius 2 is 1.54 bits per heavy atom. The fourth-order valence-electron chi connectivity index (χ4n) is 2.84. The molecule has 4 heteroatoms. The third-order valence-corrected chi connectivity index (χ3v) is 4.98. The zero-order chi connectivity index (χ0) is 18.0. The highest BCUT2D eigenvalue weighted by atomic mass is 32.1. The number of carboxylic acid groups (broad SMARTS) is 1. The summed E-state index contributed by atoms with van der Waals surface area (Å²) in [6.45, 7) is 6.47. The van der Waals surface area contributed by atoms with Crippen molar-refractivity contribution in [2.45, 2.75) is 31.7 Å². The summed E-state index contributed by atoms with van der Waals surface area (Å²) < 4.78 is 0. The van der Waals surface area contributed by atoms with E-state index in [1.54, 1.807) is 4.90 Å². The van der Waals surface area contributed by atoms with E-state index in [0.29, 0.717) is 0 Å². The summed E-state index contributed by atoms with van der Waals surface area (Å²) in [5.74, 6) is -0.741. The van der Waals surface area contributed by atoms with Crippen LogP contribution in [0.1, 0.15) is 31.9 Å². The molecule has 3 nitrogen and oxygen atoms in total. The number of thiol groups is 1. The van der Waals surface area contributed by atoms with Crippen molar-refractivity contribution in [2.24, 2.45) is 0 Å². The molecule has 0 bridgehead atoms. The van der Waals surface area contributed by atoms with Crippen LogP contribution in [0.15, 0.2) is 54.6 Å². The SMILES string of the molecule is CN(c1ccc(C(C)(C)C)cc1)[C@](CS)(C(=O)O)c1ccccc1. The van der Waals surface area contributed by atoms with Crippen LogP contribution >= 0.6 is 12.6 Å². The summed E-state index contributed by atoms with van der Waals surface area (Å²) in [4.78, 5) is 14.0. The summed E-state index contributed by atoms with van der Waals surface area (Å²) >= 11 is 4.39. The largest absolute Gasteiger partial charge is 0.479 e. The number of aliphatic carboxylic acids is 1. The van der Waals surface area contributed by atoms with E-state index in [-0.39, 0.29) is 11.2 Å². The molecule has 0 radical (unpaired) electrons. The average molecular weight is 343 g/mol. The first-order chi connectivity index (χ1) is 11.2. The molecule has 0 aliphatic carbocycles. The number of hydrogen-bond donors (Lipinski definition) is 2. The molecule has 1 atom stereocenters. The van der Waals surface area contributed by atoms with Gasteiger partial charge in [-0.25, -0.2) is 4.79 Å². The molecule has 1 N–H and O–H groups in total. The van der Waals surface area contributed by atoms with E-state index in [1.165, 1.54) is 5.56 Å². The zero-order valence-electron chi connectivity index (χ0n) is 14.7. The predicted octanol–water partition coefficient (Wildman–Crippen LogP) is 4.33. The summed E-state index contributed by atoms with van der Waals surface area (Å²) in [6.07, 6.45) is 0. The van der Waals surface area contributed by atoms with Crippen LogP contribution in [0.25, 0.3) is 0 Å². The van der Waals surface area contributed by atoms with Crippen LogP contribution in [-0.2, 0) is 15.7 Å². The van der Waals surface area contributed by atoms with Crippen molar-refractivity contribution in [2.75, 3.05) is 17.7 Å². The maximum atomic E-state index is 12.2. The standard InChI is InChI=1S/C20H25NO2S/c1-19(2,3)15-10-12-17(13-11-15)21(4)20(14-24,18(22)23)16-8-6-5-7-9-16/h5-13,24H,14H2,1-4H3,(H,22,23)/t20-/m0/s1. The van der Waals surface area contributed by atoms with E-state index in [1.807, 2.05) is 49.5 Å². The van der Waals surface area contributed by atoms with Gasteiger partial charge in [0.2, 0.25) is 0 Å². The van der Waals surface area contributed by atoms with E-state index in [2.05, 4.69) is 45.5 Å². The Hall–Kier alpha value is -1.94. The molecule has 2 aromatic rings. The van der Waals surface area contributed by atoms with Gasteiger partial charge in [0.1, 0.15) is 0 Å². The first-order valence-electron chi connectivity index (χ1n) is 7.97. The molecule has 0 saturated heterocycles. The smallest absolute Gasteiger partial charge is 0.335 e. The molecular formula is C20H25NO2S. The number of anilines is 1. The van der Waals surface area contributed by atoms with Crippen LogP contribution in [0, 0.1) is 0 Å². The predicted molar refractivity (Wildman–Crippen MR) is 103 cm³/mol. The lowest BCUT2D eigenvalue weighted by Crippen LogP contribution is -2.52. The Morgan fingerprint density at radius 1 is 1.00 bits per heavy atom. The monoisotopic (exact) mass is 343 g/mol. The van der Waals surface area contributed by atoms with Crippen molar-refractivity contribution in [3.63, 3.8) is 0 Å². The average Bonchev–Trinajstić information content (AvgIpc) is 2.56. The third kappa shape index (κ3) is 3.29. The van der Waals surface area contributed by atoms with E-state index in [4.69, 9.17) is 0 Å². The number of carboxylic acids is 1. The molecule has 0 aromatic heterocycles. The minimum atomic E-state index is -1.21. The van der Waals surface area contributed by atoms with Gasteiger partial charge in [-0.1, -0.05) is 63.2 Å². The van der Waals surface area contributed by atoms with E-state index < -0.39 is 11.5 Å². The molecule has 0 unspecified atom stereocenters. The van der Waals surface area contributed by atoms with Crippen LogP contribution < -0.4 is 4.90 Å². The quantitative estimate of drug-likeness (QED) is 0.794. The van der Waals surface area contributed by atoms with Crippen LogP contribution in [0.5, 0.6) is 0 Å². The second-order valence-electron chi connectivity index (χ2n) is 7.05. The number of likely N-dealkylation sites (N-methyl/N-ethyl adjacent to an activating group) is 1. The van der Waals surface area contributed by atoms with Crippen molar-refractivity contribution in [3.05, 3.63) is 65.7 Å². The van der Waals surface area contributed by atoms with E-state index >= 15 is 0 Å². The number of hydrogen-bond acceptors (Lipinski definition) is 3. The van der Waals surface area contributed by atoms with Crippen molar-refractivity contribution < 1.29 is 9.90 Å². The number of rotatable bonds is 5. The first kappa shape index (κ1) is 18.4. The normalized spacial score (nSPS) is 14.0. The third-order valence-electron chi connectivity index (χ3n) is 4.53. The second-order valence-corrected chi connectivity index (χ2v) is 7.36. The van der Waals surface area contributed by atoms with Crippen molar-refractivity contribution >= 4 is 24.3 Å². The molecule has 0 fully saturated rings. The summed E-state index contributed by atoms with van der Waals surface area (Å²) in [6, 6.07) is 17.3. The Morgan fingerprint density at radius 3 is 1.96 bits per heavy atom. The lowest BCUT2D eigenvalue weighted by molar-refractivity contribution is -0.142. The summed E-state index contributed by atoms with van der Waals surface area (Å²) in [5.41, 5.74) is 1.63. The van der Waals surface area contributed by atoms with E-state index in [9.17, 15) is 9.90 Å². The lowest BCUT2D eigenvalue weighted by atomic mass is 9.86. The minimum Gasteiger partial charge on any atom is -0.479 e. The molecule has 0 amide bonds. The molecule has 0 saturated carbocycles. The van der Waals surface area contributed by atoms with Gasteiger partial charge in [-0.05, 0) is 28.7 Å². The van der Waals surface area contributed by atoms with Gasteiger partial charge in [0.25, 0.3) is 0 Å². The van der Waals surface area contributed by atoms with E-state index in [0.717, 1.165) is 11.3 Å². The van der Waals surface area contributed by atoms with Gasteiger partial charge in [0.15, 0.2) is 5.54 Å². The summed E-state index contributed by atoms with van der Waals surface area (Å²) in [5, 5.41) is 10.0. The molecular weight excluding hydrogens is 318 g/mol. The van der Waals surface area contributed by atoms with Gasteiger partial charge < -0.3 is 10.0 Å². The Kier molecular flexibility index (Phi) is 5.29. The number of carbonyl (C=O) groups is 1. The van der Waals surface area contributed by atoms with Gasteiger partial charge in [-0.3, -0.25) is 0 Å². The van der Waals surface area contributed by atoms with Crippen LogP contribution in [0.2, 0.25) is 0 Å². The van der Waals surface area contributed by atoms with Gasteiger partial charge >= 0.3 is 5.97 Å². The topological polar surface area (TPSA) is 40.5 Å². The Labute approximate surface area is 149 Å². The van der Waals surface area contributed by atoms with Crippen LogP contribution in [0.4, 0.5) is 5.69 Å². The van der Waals surface area contributed by atoms with Gasteiger partial charge in [-0.2, -0.15) is 12.6 Å². The molecule has 0 aliphatic heterocycles. The van der Waals surface area contributed by atoms with Crippen molar-refractivity contribution in [3.8, 4) is 0 Å². The molecule has 0 aliphatic rings. The molecule has 0 spiro atoms. The minimum absolute atomic E-state index is 0.0595. The van der Waals surface area contributed by atoms with Crippen LogP contribution in [-0.4, -0.2) is 23.9 Å². The number of benzene rings is 2. The van der Waals surface area contributed by atoms with Gasteiger partial charge in [-0.15, -0.1) is 0 Å². The molecule has 128 valence electrons. The lowest BCUT2D eigenvalue weighted by Gasteiger charge is -2.39. The highest BCUT2D eigenvalue weighted by Crippen LogP contribution is 2.34. The van der Waals surface area contributed by atoms with Crippen molar-refractivity contribution in [1.29, 1.82) is 0 Å². The number of nitrogens with zero attached hydrogens (tertiary/aromatic N) is 1. The van der Waals surface area contributed by atoms with Crippen LogP contribution in [0.3, 0.4) is 0 Å².